The van der Waals surface area contributed by atoms with Gasteiger partial charge in [0.05, 0.1) is 21.7 Å². The predicted octanol–water partition coefficient (Wildman–Crippen LogP) is 3.77. The third-order valence-corrected chi connectivity index (χ3v) is 4.93. The molecule has 1 heterocycles. The quantitative estimate of drug-likeness (QED) is 0.574. The molecule has 0 aromatic heterocycles. The molecule has 2 aromatic carbocycles. The van der Waals surface area contributed by atoms with Gasteiger partial charge >= 0.3 is 5.97 Å². The molecule has 0 N–H and O–H groups in total. The summed E-state index contributed by atoms with van der Waals surface area (Å²) in [6, 6.07) is 13.5. The van der Waals surface area contributed by atoms with E-state index in [0.717, 1.165) is 0 Å². The lowest BCUT2D eigenvalue weighted by Gasteiger charge is -2.18. The fraction of sp³-hybridized carbons (Fsp3) is 0.211. The van der Waals surface area contributed by atoms with E-state index in [9.17, 15) is 14.4 Å². The highest BCUT2D eigenvalue weighted by Gasteiger charge is 2.37. The summed E-state index contributed by atoms with van der Waals surface area (Å²) in [5.74, 6) is -1.77. The zero-order valence-corrected chi connectivity index (χ0v) is 15.2. The van der Waals surface area contributed by atoms with Gasteiger partial charge in [0.25, 0.3) is 0 Å². The van der Waals surface area contributed by atoms with Crippen molar-refractivity contribution in [2.24, 2.45) is 5.92 Å². The molecule has 1 fully saturated rings. The van der Waals surface area contributed by atoms with Gasteiger partial charge in [-0.2, -0.15) is 0 Å². The number of hydrogen-bond acceptors (Lipinski definition) is 4. The fourth-order valence-corrected chi connectivity index (χ4v) is 3.16. The molecule has 5 nitrogen and oxygen atoms in total. The Labute approximate surface area is 160 Å². The van der Waals surface area contributed by atoms with Crippen molar-refractivity contribution < 1.29 is 19.1 Å². The zero-order valence-electron chi connectivity index (χ0n) is 13.7. The molecule has 1 saturated heterocycles. The molecule has 26 heavy (non-hydrogen) atoms. The van der Waals surface area contributed by atoms with E-state index in [2.05, 4.69) is 0 Å². The van der Waals surface area contributed by atoms with Crippen LogP contribution in [0.4, 0.5) is 5.69 Å². The van der Waals surface area contributed by atoms with Gasteiger partial charge in [-0.3, -0.25) is 14.4 Å². The summed E-state index contributed by atoms with van der Waals surface area (Å²) >= 11 is 12.1. The van der Waals surface area contributed by atoms with Gasteiger partial charge < -0.3 is 9.64 Å². The number of amides is 1. The Kier molecular flexibility index (Phi) is 5.59. The Morgan fingerprint density at radius 3 is 2.54 bits per heavy atom. The van der Waals surface area contributed by atoms with Gasteiger partial charge in [0.2, 0.25) is 5.91 Å². The third-order valence-electron chi connectivity index (χ3n) is 4.12. The summed E-state index contributed by atoms with van der Waals surface area (Å²) in [7, 11) is 0. The highest BCUT2D eigenvalue weighted by molar-refractivity contribution is 6.44. The van der Waals surface area contributed by atoms with Crippen LogP contribution >= 0.6 is 23.2 Å². The lowest BCUT2D eigenvalue weighted by atomic mass is 10.1. The molecule has 1 amide bonds. The van der Waals surface area contributed by atoms with Crippen molar-refractivity contribution in [3.8, 4) is 0 Å². The van der Waals surface area contributed by atoms with E-state index in [1.54, 1.807) is 48.5 Å². The molecular weight excluding hydrogens is 377 g/mol. The first-order chi connectivity index (χ1) is 12.5. The highest BCUT2D eigenvalue weighted by Crippen LogP contribution is 2.35. The number of halogens is 2. The van der Waals surface area contributed by atoms with Crippen molar-refractivity contribution in [2.45, 2.75) is 6.42 Å². The Morgan fingerprint density at radius 2 is 1.81 bits per heavy atom. The minimum absolute atomic E-state index is 0.00119. The number of Topliss-reactive ketones (excluding diaryl/α,β-unsaturated/α-hetero) is 1. The Bertz CT molecular complexity index is 854. The van der Waals surface area contributed by atoms with Gasteiger partial charge in [-0.25, -0.2) is 0 Å². The summed E-state index contributed by atoms with van der Waals surface area (Å²) in [4.78, 5) is 37.9. The van der Waals surface area contributed by atoms with Crippen LogP contribution < -0.4 is 4.90 Å². The number of rotatable bonds is 5. The molecule has 1 atom stereocenters. The number of benzene rings is 2. The molecule has 2 aromatic rings. The van der Waals surface area contributed by atoms with E-state index in [-0.39, 0.29) is 36.3 Å². The van der Waals surface area contributed by atoms with E-state index in [4.69, 9.17) is 27.9 Å². The average molecular weight is 392 g/mol. The molecule has 0 radical (unpaired) electrons. The van der Waals surface area contributed by atoms with Gasteiger partial charge in [0.15, 0.2) is 12.4 Å². The van der Waals surface area contributed by atoms with E-state index < -0.39 is 11.9 Å². The van der Waals surface area contributed by atoms with Crippen LogP contribution in [0.2, 0.25) is 10.0 Å². The minimum atomic E-state index is -0.652. The maximum absolute atomic E-state index is 12.3. The number of esters is 1. The SMILES string of the molecule is O=C(COC(=O)[C@H]1CC(=O)N(c2cccc(Cl)c2Cl)C1)c1ccccc1. The molecule has 7 heteroatoms. The van der Waals surface area contributed by atoms with Crippen LogP contribution in [0.15, 0.2) is 48.5 Å². The third kappa shape index (κ3) is 3.89. The van der Waals surface area contributed by atoms with Crippen LogP contribution in [0.25, 0.3) is 0 Å². The standard InChI is InChI=1S/C19H15Cl2NO4/c20-14-7-4-8-15(18(14)21)22-10-13(9-17(22)24)19(25)26-11-16(23)12-5-2-1-3-6-12/h1-8,13H,9-11H2/t13-/m0/s1. The van der Waals surface area contributed by atoms with Crippen LogP contribution in [0, 0.1) is 5.92 Å². The number of carbonyl (C=O) groups is 3. The molecule has 3 rings (SSSR count). The summed E-state index contributed by atoms with van der Waals surface area (Å²) in [6.45, 7) is -0.220. The summed E-state index contributed by atoms with van der Waals surface area (Å²) in [5.41, 5.74) is 0.926. The van der Waals surface area contributed by atoms with Crippen LogP contribution in [0.5, 0.6) is 0 Å². The number of hydrogen-bond donors (Lipinski definition) is 0. The van der Waals surface area contributed by atoms with E-state index in [1.165, 1.54) is 4.90 Å². The predicted molar refractivity (Wildman–Crippen MR) is 98.7 cm³/mol. The summed E-state index contributed by atoms with van der Waals surface area (Å²) in [5, 5.41) is 0.590. The summed E-state index contributed by atoms with van der Waals surface area (Å²) in [6.07, 6.45) is 0.00119. The molecule has 0 spiro atoms. The second-order valence-electron chi connectivity index (χ2n) is 5.88. The van der Waals surface area contributed by atoms with E-state index >= 15 is 0 Å². The second kappa shape index (κ2) is 7.89. The average Bonchev–Trinajstić information content (AvgIpc) is 3.04. The molecule has 0 saturated carbocycles. The van der Waals surface area contributed by atoms with Crippen molar-refractivity contribution in [3.05, 3.63) is 64.1 Å². The van der Waals surface area contributed by atoms with Crippen molar-refractivity contribution in [1.29, 1.82) is 0 Å². The molecular formula is C19H15Cl2NO4. The first-order valence-corrected chi connectivity index (χ1v) is 8.72. The molecule has 134 valence electrons. The van der Waals surface area contributed by atoms with Crippen molar-refractivity contribution in [2.75, 3.05) is 18.1 Å². The number of ether oxygens (including phenoxy) is 1. The van der Waals surface area contributed by atoms with Gasteiger partial charge in [-0.05, 0) is 12.1 Å². The Hall–Kier alpha value is -2.37. The first kappa shape index (κ1) is 18.4. The lowest BCUT2D eigenvalue weighted by Crippen LogP contribution is -2.27. The smallest absolute Gasteiger partial charge is 0.311 e. The Morgan fingerprint density at radius 1 is 1.08 bits per heavy atom. The van der Waals surface area contributed by atoms with E-state index in [1.807, 2.05) is 0 Å². The monoisotopic (exact) mass is 391 g/mol. The molecule has 1 aliphatic rings. The van der Waals surface area contributed by atoms with Crippen LogP contribution in [0.3, 0.4) is 0 Å². The minimum Gasteiger partial charge on any atom is -0.457 e. The van der Waals surface area contributed by atoms with Crippen molar-refractivity contribution >= 4 is 46.5 Å². The van der Waals surface area contributed by atoms with Crippen molar-refractivity contribution in [3.63, 3.8) is 0 Å². The number of carbonyl (C=O) groups excluding carboxylic acids is 3. The highest BCUT2D eigenvalue weighted by atomic mass is 35.5. The zero-order chi connectivity index (χ0) is 18.7. The van der Waals surface area contributed by atoms with Gasteiger partial charge in [-0.15, -0.1) is 0 Å². The van der Waals surface area contributed by atoms with Crippen molar-refractivity contribution in [1.82, 2.24) is 0 Å². The number of ketones is 1. The van der Waals surface area contributed by atoms with Crippen LogP contribution in [-0.2, 0) is 14.3 Å². The largest absolute Gasteiger partial charge is 0.457 e. The maximum atomic E-state index is 12.3. The van der Waals surface area contributed by atoms with E-state index in [0.29, 0.717) is 16.3 Å². The lowest BCUT2D eigenvalue weighted by molar-refractivity contribution is -0.147. The first-order valence-electron chi connectivity index (χ1n) is 7.96. The van der Waals surface area contributed by atoms with Gasteiger partial charge in [0.1, 0.15) is 0 Å². The molecule has 0 aliphatic carbocycles. The second-order valence-corrected chi connectivity index (χ2v) is 6.66. The van der Waals surface area contributed by atoms with Crippen LogP contribution in [-0.4, -0.2) is 30.8 Å². The summed E-state index contributed by atoms with van der Waals surface area (Å²) < 4.78 is 5.10. The Balaban J connectivity index is 1.62. The topological polar surface area (TPSA) is 63.7 Å². The van der Waals surface area contributed by atoms with Gasteiger partial charge in [-0.1, -0.05) is 59.6 Å². The molecule has 1 aliphatic heterocycles. The van der Waals surface area contributed by atoms with Crippen LogP contribution in [0.1, 0.15) is 16.8 Å². The molecule has 0 bridgehead atoms. The number of nitrogens with zero attached hydrogens (tertiary/aromatic N) is 1. The maximum Gasteiger partial charge on any atom is 0.311 e. The molecule has 0 unspecified atom stereocenters. The van der Waals surface area contributed by atoms with Gasteiger partial charge in [0, 0.05) is 18.5 Å². The normalized spacial score (nSPS) is 16.6. The number of anilines is 1. The fourth-order valence-electron chi connectivity index (χ4n) is 2.76.